The van der Waals surface area contributed by atoms with Crippen molar-refractivity contribution in [1.29, 1.82) is 0 Å². The van der Waals surface area contributed by atoms with E-state index in [-0.39, 0.29) is 17.1 Å². The lowest BCUT2D eigenvalue weighted by atomic mass is 10.1. The molecule has 0 spiro atoms. The van der Waals surface area contributed by atoms with Crippen molar-refractivity contribution in [3.63, 3.8) is 0 Å². The molecule has 2 aromatic carbocycles. The molecule has 2 N–H and O–H groups in total. The highest BCUT2D eigenvalue weighted by molar-refractivity contribution is 5.90. The zero-order valence-corrected chi connectivity index (χ0v) is 10.7. The Bertz CT molecular complexity index is 599. The van der Waals surface area contributed by atoms with E-state index in [2.05, 4.69) is 6.58 Å². The molecule has 2 aromatic rings. The van der Waals surface area contributed by atoms with Crippen molar-refractivity contribution in [3.8, 4) is 11.5 Å². The Kier molecular flexibility index (Phi) is 4.05. The fourth-order valence-electron chi connectivity index (χ4n) is 1.79. The van der Waals surface area contributed by atoms with Gasteiger partial charge in [-0.15, -0.1) is 0 Å². The third-order valence-electron chi connectivity index (χ3n) is 2.71. The fraction of sp³-hybridized carbons (Fsp3) is 0.0625. The van der Waals surface area contributed by atoms with E-state index in [1.165, 1.54) is 18.2 Å². The Hall–Kier alpha value is -2.75. The maximum absolute atomic E-state index is 12.0. The third kappa shape index (κ3) is 3.17. The molecule has 0 aromatic heterocycles. The minimum absolute atomic E-state index is 0.0743. The number of ether oxygens (including phenoxy) is 1. The third-order valence-corrected chi connectivity index (χ3v) is 2.71. The lowest BCUT2D eigenvalue weighted by Crippen LogP contribution is -2.09. The molecule has 0 saturated heterocycles. The van der Waals surface area contributed by atoms with Crippen LogP contribution in [-0.4, -0.2) is 16.2 Å². The van der Waals surface area contributed by atoms with Crippen molar-refractivity contribution in [2.45, 2.75) is 6.10 Å². The van der Waals surface area contributed by atoms with Crippen LogP contribution in [0.15, 0.2) is 61.2 Å². The summed E-state index contributed by atoms with van der Waals surface area (Å²) >= 11 is 0. The number of benzene rings is 2. The van der Waals surface area contributed by atoms with E-state index in [4.69, 9.17) is 4.74 Å². The minimum Gasteiger partial charge on any atom is -0.508 e. The van der Waals surface area contributed by atoms with E-state index in [1.807, 2.05) is 30.3 Å². The van der Waals surface area contributed by atoms with E-state index in [0.717, 1.165) is 11.6 Å². The zero-order valence-electron chi connectivity index (χ0n) is 10.7. The van der Waals surface area contributed by atoms with Crippen LogP contribution >= 0.6 is 0 Å². The van der Waals surface area contributed by atoms with Gasteiger partial charge in [0.1, 0.15) is 17.6 Å². The number of carbonyl (C=O) groups excluding carboxylic acids is 1. The quantitative estimate of drug-likeness (QED) is 0.661. The molecule has 0 aliphatic heterocycles. The van der Waals surface area contributed by atoms with Gasteiger partial charge in [-0.3, -0.25) is 0 Å². The summed E-state index contributed by atoms with van der Waals surface area (Å²) in [6.45, 7) is 3.64. The normalized spacial score (nSPS) is 11.6. The van der Waals surface area contributed by atoms with E-state index in [9.17, 15) is 15.0 Å². The second-order valence-electron chi connectivity index (χ2n) is 4.21. The van der Waals surface area contributed by atoms with Gasteiger partial charge in [-0.1, -0.05) is 36.9 Å². The lowest BCUT2D eigenvalue weighted by molar-refractivity contribution is 0.0391. The molecule has 102 valence electrons. The second-order valence-corrected chi connectivity index (χ2v) is 4.21. The molecule has 20 heavy (non-hydrogen) atoms. The molecule has 0 radical (unpaired) electrons. The molecular weight excluding hydrogens is 256 g/mol. The first-order valence-electron chi connectivity index (χ1n) is 6.01. The number of phenols is 2. The van der Waals surface area contributed by atoms with Gasteiger partial charge in [0.05, 0.1) is 5.56 Å². The van der Waals surface area contributed by atoms with Gasteiger partial charge in [-0.05, 0) is 23.8 Å². The summed E-state index contributed by atoms with van der Waals surface area (Å²) in [5.74, 6) is -1.05. The summed E-state index contributed by atoms with van der Waals surface area (Å²) in [4.78, 5) is 12.0. The molecule has 0 bridgehead atoms. The van der Waals surface area contributed by atoms with Gasteiger partial charge in [0.15, 0.2) is 0 Å². The summed E-state index contributed by atoms with van der Waals surface area (Å²) in [6.07, 6.45) is 0.920. The van der Waals surface area contributed by atoms with Gasteiger partial charge in [0.25, 0.3) is 0 Å². The van der Waals surface area contributed by atoms with Crippen LogP contribution in [0.4, 0.5) is 0 Å². The highest BCUT2D eigenvalue weighted by atomic mass is 16.5. The summed E-state index contributed by atoms with van der Waals surface area (Å²) in [7, 11) is 0. The molecule has 1 unspecified atom stereocenters. The monoisotopic (exact) mass is 270 g/mol. The van der Waals surface area contributed by atoms with Crippen LogP contribution in [0.1, 0.15) is 22.0 Å². The smallest absolute Gasteiger partial charge is 0.339 e. The van der Waals surface area contributed by atoms with Crippen molar-refractivity contribution in [1.82, 2.24) is 0 Å². The Morgan fingerprint density at radius 1 is 1.10 bits per heavy atom. The standard InChI is InChI=1S/C16H14O4/c1-2-15(11-6-4-3-5-7-11)20-16(19)12-8-13(17)10-14(18)9-12/h2-10,15,17-18H,1H2. The van der Waals surface area contributed by atoms with Crippen LogP contribution in [0, 0.1) is 0 Å². The molecule has 4 nitrogen and oxygen atoms in total. The van der Waals surface area contributed by atoms with Crippen LogP contribution in [0.5, 0.6) is 11.5 Å². The van der Waals surface area contributed by atoms with E-state index >= 15 is 0 Å². The molecule has 0 aliphatic carbocycles. The summed E-state index contributed by atoms with van der Waals surface area (Å²) < 4.78 is 5.30. The molecular formula is C16H14O4. The summed E-state index contributed by atoms with van der Waals surface area (Å²) in [5, 5.41) is 18.7. The van der Waals surface area contributed by atoms with E-state index < -0.39 is 12.1 Å². The Morgan fingerprint density at radius 2 is 1.70 bits per heavy atom. The Morgan fingerprint density at radius 3 is 2.25 bits per heavy atom. The number of esters is 1. The lowest BCUT2D eigenvalue weighted by Gasteiger charge is -2.14. The maximum atomic E-state index is 12.0. The number of hydrogen-bond acceptors (Lipinski definition) is 4. The zero-order chi connectivity index (χ0) is 14.5. The van der Waals surface area contributed by atoms with Gasteiger partial charge in [-0.2, -0.15) is 0 Å². The topological polar surface area (TPSA) is 66.8 Å². The van der Waals surface area contributed by atoms with Crippen LogP contribution in [0.25, 0.3) is 0 Å². The average Bonchev–Trinajstić information content (AvgIpc) is 2.44. The summed E-state index contributed by atoms with van der Waals surface area (Å²) in [6, 6.07) is 12.8. The first kappa shape index (κ1) is 13.7. The molecule has 0 heterocycles. The molecule has 0 amide bonds. The first-order valence-corrected chi connectivity index (χ1v) is 6.01. The molecule has 0 fully saturated rings. The van der Waals surface area contributed by atoms with Gasteiger partial charge < -0.3 is 14.9 Å². The van der Waals surface area contributed by atoms with E-state index in [0.29, 0.717) is 0 Å². The molecule has 0 saturated carbocycles. The number of hydrogen-bond donors (Lipinski definition) is 2. The highest BCUT2D eigenvalue weighted by Gasteiger charge is 2.16. The maximum Gasteiger partial charge on any atom is 0.339 e. The highest BCUT2D eigenvalue weighted by Crippen LogP contribution is 2.24. The predicted molar refractivity (Wildman–Crippen MR) is 74.6 cm³/mol. The average molecular weight is 270 g/mol. The van der Waals surface area contributed by atoms with Crippen molar-refractivity contribution in [2.75, 3.05) is 0 Å². The molecule has 0 aliphatic rings. The van der Waals surface area contributed by atoms with Crippen molar-refractivity contribution in [2.24, 2.45) is 0 Å². The number of aromatic hydroxyl groups is 2. The summed E-state index contributed by atoms with van der Waals surface area (Å²) in [5.41, 5.74) is 0.866. The van der Waals surface area contributed by atoms with Gasteiger partial charge >= 0.3 is 5.97 Å². The predicted octanol–water partition coefficient (Wildman–Crippen LogP) is 3.18. The van der Waals surface area contributed by atoms with Crippen LogP contribution in [0.2, 0.25) is 0 Å². The van der Waals surface area contributed by atoms with Crippen molar-refractivity contribution < 1.29 is 19.7 Å². The van der Waals surface area contributed by atoms with Gasteiger partial charge in [-0.25, -0.2) is 4.79 Å². The molecule has 4 heteroatoms. The molecule has 2 rings (SSSR count). The van der Waals surface area contributed by atoms with Gasteiger partial charge in [0.2, 0.25) is 0 Å². The first-order chi connectivity index (χ1) is 9.60. The number of phenolic OH excluding ortho intramolecular Hbond substituents is 2. The van der Waals surface area contributed by atoms with Crippen molar-refractivity contribution >= 4 is 5.97 Å². The van der Waals surface area contributed by atoms with Crippen LogP contribution < -0.4 is 0 Å². The van der Waals surface area contributed by atoms with E-state index in [1.54, 1.807) is 0 Å². The minimum atomic E-state index is -0.648. The Labute approximate surface area is 116 Å². The molecule has 1 atom stereocenters. The van der Waals surface area contributed by atoms with Crippen LogP contribution in [0.3, 0.4) is 0 Å². The van der Waals surface area contributed by atoms with Crippen molar-refractivity contribution in [3.05, 3.63) is 72.3 Å². The van der Waals surface area contributed by atoms with Crippen LogP contribution in [-0.2, 0) is 4.74 Å². The fourth-order valence-corrected chi connectivity index (χ4v) is 1.79. The van der Waals surface area contributed by atoms with Gasteiger partial charge in [0, 0.05) is 6.07 Å². The number of rotatable bonds is 4. The SMILES string of the molecule is C=CC(OC(=O)c1cc(O)cc(O)c1)c1ccccc1. The second kappa shape index (κ2) is 5.93. The number of carbonyl (C=O) groups is 1. The largest absolute Gasteiger partial charge is 0.508 e. The Balaban J connectivity index is 2.19.